The Balaban J connectivity index is 1.09. The lowest BCUT2D eigenvalue weighted by atomic mass is 10.1. The molecule has 8 heteroatoms. The number of nitrogens with one attached hydrogen (secondary N) is 1. The SMILES string of the molecule is N#Cc1ccnc(Oc2ccc(N3CCN(CCCc4c[nH]c5ccc(F)cc45)CC3)cc2)n1. The largest absolute Gasteiger partial charge is 0.424 e. The Labute approximate surface area is 197 Å². The highest BCUT2D eigenvalue weighted by Gasteiger charge is 2.17. The predicted octanol–water partition coefficient (Wildman–Crippen LogP) is 4.52. The molecule has 1 N–H and O–H groups in total. The number of aryl methyl sites for hydroxylation is 1. The normalized spacial score (nSPS) is 14.3. The van der Waals surface area contributed by atoms with Gasteiger partial charge in [0.2, 0.25) is 0 Å². The van der Waals surface area contributed by atoms with Crippen molar-refractivity contribution in [1.29, 1.82) is 5.26 Å². The number of H-pyrrole nitrogens is 1. The number of benzene rings is 2. The third kappa shape index (κ3) is 5.00. The highest BCUT2D eigenvalue weighted by Crippen LogP contribution is 2.24. The van der Waals surface area contributed by atoms with Crippen LogP contribution in [0.1, 0.15) is 17.7 Å². The van der Waals surface area contributed by atoms with Crippen molar-refractivity contribution < 1.29 is 9.13 Å². The Hall–Kier alpha value is -3.96. The van der Waals surface area contributed by atoms with Gasteiger partial charge in [0.05, 0.1) is 0 Å². The zero-order valence-corrected chi connectivity index (χ0v) is 18.7. The van der Waals surface area contributed by atoms with E-state index in [1.54, 1.807) is 18.2 Å². The van der Waals surface area contributed by atoms with Crippen LogP contribution in [0.3, 0.4) is 0 Å². The summed E-state index contributed by atoms with van der Waals surface area (Å²) in [5, 5.41) is 9.93. The van der Waals surface area contributed by atoms with Crippen LogP contribution in [0.25, 0.3) is 10.9 Å². The van der Waals surface area contributed by atoms with Gasteiger partial charge < -0.3 is 14.6 Å². The van der Waals surface area contributed by atoms with Crippen LogP contribution in [-0.2, 0) is 6.42 Å². The van der Waals surface area contributed by atoms with E-state index in [0.717, 1.165) is 62.2 Å². The van der Waals surface area contributed by atoms with E-state index < -0.39 is 0 Å². The Morgan fingerprint density at radius 1 is 1.06 bits per heavy atom. The van der Waals surface area contributed by atoms with Gasteiger partial charge >= 0.3 is 6.01 Å². The fraction of sp³-hybridized carbons (Fsp3) is 0.269. The number of aromatic nitrogens is 3. The van der Waals surface area contributed by atoms with Gasteiger partial charge in [-0.3, -0.25) is 4.90 Å². The number of anilines is 1. The Kier molecular flexibility index (Phi) is 6.36. The number of hydrogen-bond acceptors (Lipinski definition) is 6. The number of ether oxygens (including phenoxy) is 1. The van der Waals surface area contributed by atoms with Crippen molar-refractivity contribution in [3.8, 4) is 17.8 Å². The summed E-state index contributed by atoms with van der Waals surface area (Å²) in [7, 11) is 0. The summed E-state index contributed by atoms with van der Waals surface area (Å²) in [6.45, 7) is 4.98. The molecular weight excluding hydrogens is 431 g/mol. The van der Waals surface area contributed by atoms with E-state index in [9.17, 15) is 4.39 Å². The first kappa shape index (κ1) is 21.9. The fourth-order valence-electron chi connectivity index (χ4n) is 4.36. The monoisotopic (exact) mass is 456 g/mol. The Bertz CT molecular complexity index is 1310. The van der Waals surface area contributed by atoms with Crippen molar-refractivity contribution in [1.82, 2.24) is 19.9 Å². The van der Waals surface area contributed by atoms with Crippen LogP contribution < -0.4 is 9.64 Å². The molecule has 0 atom stereocenters. The molecule has 172 valence electrons. The lowest BCUT2D eigenvalue weighted by molar-refractivity contribution is 0.255. The number of nitrogens with zero attached hydrogens (tertiary/aromatic N) is 5. The first-order chi connectivity index (χ1) is 16.7. The summed E-state index contributed by atoms with van der Waals surface area (Å²) in [4.78, 5) is 16.2. The smallest absolute Gasteiger partial charge is 0.323 e. The number of hydrogen-bond donors (Lipinski definition) is 1. The maximum atomic E-state index is 13.6. The molecule has 0 radical (unpaired) electrons. The molecule has 1 aliphatic rings. The summed E-state index contributed by atoms with van der Waals surface area (Å²) < 4.78 is 19.2. The minimum atomic E-state index is -0.189. The van der Waals surface area contributed by atoms with Crippen LogP contribution in [0.15, 0.2) is 60.9 Å². The topological polar surface area (TPSA) is 81.1 Å². The summed E-state index contributed by atoms with van der Waals surface area (Å²) >= 11 is 0. The van der Waals surface area contributed by atoms with Crippen molar-refractivity contribution in [3.05, 3.63) is 78.0 Å². The number of aromatic amines is 1. The van der Waals surface area contributed by atoms with Crippen LogP contribution >= 0.6 is 0 Å². The molecule has 0 spiro atoms. The molecule has 34 heavy (non-hydrogen) atoms. The third-order valence-electron chi connectivity index (χ3n) is 6.18. The number of piperazine rings is 1. The first-order valence-corrected chi connectivity index (χ1v) is 11.4. The van der Waals surface area contributed by atoms with Gasteiger partial charge in [0, 0.05) is 55.2 Å². The zero-order valence-electron chi connectivity index (χ0n) is 18.7. The van der Waals surface area contributed by atoms with Crippen molar-refractivity contribution in [2.75, 3.05) is 37.6 Å². The van der Waals surface area contributed by atoms with Crippen LogP contribution in [0.5, 0.6) is 11.8 Å². The molecule has 5 rings (SSSR count). The van der Waals surface area contributed by atoms with Crippen molar-refractivity contribution >= 4 is 16.6 Å². The van der Waals surface area contributed by atoms with Gasteiger partial charge in [0.1, 0.15) is 23.3 Å². The van der Waals surface area contributed by atoms with Gasteiger partial charge in [-0.05, 0) is 73.5 Å². The molecule has 4 aromatic rings. The van der Waals surface area contributed by atoms with E-state index in [1.165, 1.54) is 17.8 Å². The second kappa shape index (κ2) is 9.89. The van der Waals surface area contributed by atoms with Gasteiger partial charge in [-0.2, -0.15) is 10.2 Å². The number of fused-ring (bicyclic) bond motifs is 1. The van der Waals surface area contributed by atoms with Gasteiger partial charge in [-0.25, -0.2) is 9.37 Å². The first-order valence-electron chi connectivity index (χ1n) is 11.4. The van der Waals surface area contributed by atoms with Gasteiger partial charge in [0.25, 0.3) is 0 Å². The lowest BCUT2D eigenvalue weighted by Gasteiger charge is -2.36. The molecule has 7 nitrogen and oxygen atoms in total. The summed E-state index contributed by atoms with van der Waals surface area (Å²) in [6.07, 6.45) is 5.49. The van der Waals surface area contributed by atoms with E-state index >= 15 is 0 Å². The van der Waals surface area contributed by atoms with Gasteiger partial charge in [0.15, 0.2) is 0 Å². The van der Waals surface area contributed by atoms with E-state index in [-0.39, 0.29) is 17.5 Å². The molecule has 0 unspecified atom stereocenters. The minimum absolute atomic E-state index is 0.165. The average Bonchev–Trinajstić information content (AvgIpc) is 3.27. The molecule has 0 bridgehead atoms. The highest BCUT2D eigenvalue weighted by molar-refractivity contribution is 5.83. The van der Waals surface area contributed by atoms with E-state index in [2.05, 4.69) is 24.8 Å². The van der Waals surface area contributed by atoms with Gasteiger partial charge in [-0.15, -0.1) is 0 Å². The van der Waals surface area contributed by atoms with Crippen LogP contribution in [-0.4, -0.2) is 52.6 Å². The molecule has 0 saturated carbocycles. The third-order valence-corrected chi connectivity index (χ3v) is 6.18. The standard InChI is InChI=1S/C26H25FN6O/c27-20-3-8-25-24(16-20)19(18-30-25)2-1-11-32-12-14-33(15-13-32)22-4-6-23(7-5-22)34-26-29-10-9-21(17-28)31-26/h3-10,16,18,30H,1-2,11-15H2. The van der Waals surface area contributed by atoms with Crippen molar-refractivity contribution in [2.24, 2.45) is 0 Å². The molecule has 2 aromatic heterocycles. The Morgan fingerprint density at radius 2 is 1.88 bits per heavy atom. The maximum Gasteiger partial charge on any atom is 0.323 e. The molecule has 1 aliphatic heterocycles. The van der Waals surface area contributed by atoms with Crippen molar-refractivity contribution in [2.45, 2.75) is 12.8 Å². The van der Waals surface area contributed by atoms with E-state index in [1.807, 2.05) is 36.5 Å². The highest BCUT2D eigenvalue weighted by atomic mass is 19.1. The second-order valence-corrected chi connectivity index (χ2v) is 8.37. The van der Waals surface area contributed by atoms with Crippen LogP contribution in [0, 0.1) is 17.1 Å². The second-order valence-electron chi connectivity index (χ2n) is 8.37. The molecular formula is C26H25FN6O. The minimum Gasteiger partial charge on any atom is -0.424 e. The quantitative estimate of drug-likeness (QED) is 0.441. The molecule has 1 saturated heterocycles. The predicted molar refractivity (Wildman–Crippen MR) is 128 cm³/mol. The summed E-state index contributed by atoms with van der Waals surface area (Å²) in [6, 6.07) is 16.5. The fourth-order valence-corrected chi connectivity index (χ4v) is 4.36. The Morgan fingerprint density at radius 3 is 2.68 bits per heavy atom. The zero-order chi connectivity index (χ0) is 23.3. The molecule has 1 fully saturated rings. The van der Waals surface area contributed by atoms with E-state index in [4.69, 9.17) is 10.00 Å². The number of halogens is 1. The molecule has 0 amide bonds. The maximum absolute atomic E-state index is 13.6. The van der Waals surface area contributed by atoms with Crippen molar-refractivity contribution in [3.63, 3.8) is 0 Å². The summed E-state index contributed by atoms with van der Waals surface area (Å²) in [5.41, 5.74) is 3.60. The molecule has 3 heterocycles. The number of rotatable bonds is 7. The molecule has 0 aliphatic carbocycles. The van der Waals surface area contributed by atoms with Gasteiger partial charge in [-0.1, -0.05) is 0 Å². The van der Waals surface area contributed by atoms with E-state index in [0.29, 0.717) is 5.75 Å². The average molecular weight is 457 g/mol. The molecule has 2 aromatic carbocycles. The lowest BCUT2D eigenvalue weighted by Crippen LogP contribution is -2.46. The van der Waals surface area contributed by atoms with Crippen LogP contribution in [0.2, 0.25) is 0 Å². The van der Waals surface area contributed by atoms with Crippen LogP contribution in [0.4, 0.5) is 10.1 Å². The summed E-state index contributed by atoms with van der Waals surface area (Å²) in [5.74, 6) is 0.445. The number of nitriles is 1.